The molecule has 0 aliphatic heterocycles. The first-order valence-corrected chi connectivity index (χ1v) is 3.54. The SMILES string of the molecule is CCCOS(=O)(=O)O.[MgH2]. The Labute approximate surface area is 70.7 Å². The summed E-state index contributed by atoms with van der Waals surface area (Å²) in [6.07, 6.45) is 0.569. The number of hydrogen-bond acceptors (Lipinski definition) is 3. The van der Waals surface area contributed by atoms with Crippen molar-refractivity contribution in [3.8, 4) is 0 Å². The Morgan fingerprint density at radius 1 is 1.56 bits per heavy atom. The lowest BCUT2D eigenvalue weighted by molar-refractivity contribution is 0.269. The fraction of sp³-hybridized carbons (Fsp3) is 1.00. The van der Waals surface area contributed by atoms with Crippen molar-refractivity contribution in [2.75, 3.05) is 6.61 Å². The van der Waals surface area contributed by atoms with Crippen molar-refractivity contribution in [3.05, 3.63) is 0 Å². The van der Waals surface area contributed by atoms with Gasteiger partial charge >= 0.3 is 33.5 Å². The zero-order valence-corrected chi connectivity index (χ0v) is 5.31. The van der Waals surface area contributed by atoms with Gasteiger partial charge in [-0.15, -0.1) is 0 Å². The van der Waals surface area contributed by atoms with E-state index in [2.05, 4.69) is 4.18 Å². The van der Waals surface area contributed by atoms with Crippen LogP contribution in [0.3, 0.4) is 0 Å². The van der Waals surface area contributed by atoms with Crippen molar-refractivity contribution >= 4 is 33.5 Å². The van der Waals surface area contributed by atoms with Crippen LogP contribution in [0, 0.1) is 0 Å². The largest absolute Gasteiger partial charge is 0.397 e. The lowest BCUT2D eigenvalue weighted by Gasteiger charge is -1.92. The molecule has 6 heteroatoms. The zero-order chi connectivity index (χ0) is 6.62. The molecule has 0 unspecified atom stereocenters. The van der Waals surface area contributed by atoms with Gasteiger partial charge in [0.1, 0.15) is 0 Å². The predicted octanol–water partition coefficient (Wildman–Crippen LogP) is -0.700. The first kappa shape index (κ1) is 12.3. The van der Waals surface area contributed by atoms with Gasteiger partial charge in [-0.2, -0.15) is 8.42 Å². The molecule has 0 fully saturated rings. The average molecular weight is 166 g/mol. The van der Waals surface area contributed by atoms with Crippen LogP contribution >= 0.6 is 0 Å². The van der Waals surface area contributed by atoms with Crippen LogP contribution < -0.4 is 0 Å². The maximum absolute atomic E-state index is 9.72. The molecule has 0 rings (SSSR count). The first-order valence-electron chi connectivity index (χ1n) is 2.18. The monoisotopic (exact) mass is 166 g/mol. The minimum Gasteiger partial charge on any atom is -0.264 e. The lowest BCUT2D eigenvalue weighted by Crippen LogP contribution is -2.03. The van der Waals surface area contributed by atoms with Crippen LogP contribution in [-0.4, -0.2) is 42.6 Å². The third kappa shape index (κ3) is 12.0. The molecule has 4 nitrogen and oxygen atoms in total. The van der Waals surface area contributed by atoms with Gasteiger partial charge in [-0.05, 0) is 6.42 Å². The van der Waals surface area contributed by atoms with Crippen LogP contribution in [0.1, 0.15) is 13.3 Å². The topological polar surface area (TPSA) is 63.6 Å². The maximum Gasteiger partial charge on any atom is 0.397 e. The van der Waals surface area contributed by atoms with Gasteiger partial charge in [0, 0.05) is 0 Å². The summed E-state index contributed by atoms with van der Waals surface area (Å²) in [6, 6.07) is 0. The molecule has 0 heterocycles. The highest BCUT2D eigenvalue weighted by Gasteiger charge is 1.99. The summed E-state index contributed by atoms with van der Waals surface area (Å²) in [5.41, 5.74) is 0. The van der Waals surface area contributed by atoms with E-state index in [0.29, 0.717) is 6.42 Å². The molecule has 0 radical (unpaired) electrons. The Bertz CT molecular complexity index is 140. The summed E-state index contributed by atoms with van der Waals surface area (Å²) in [6.45, 7) is 1.78. The highest BCUT2D eigenvalue weighted by atomic mass is 32.3. The average Bonchev–Trinajstić information content (AvgIpc) is 1.59. The second-order valence-electron chi connectivity index (χ2n) is 1.25. The number of hydrogen-bond donors (Lipinski definition) is 1. The zero-order valence-electron chi connectivity index (χ0n) is 4.49. The van der Waals surface area contributed by atoms with Crippen molar-refractivity contribution < 1.29 is 17.2 Å². The van der Waals surface area contributed by atoms with Crippen LogP contribution in [0.25, 0.3) is 0 Å². The second kappa shape index (κ2) is 5.42. The Morgan fingerprint density at radius 3 is 2.11 bits per heavy atom. The Hall–Kier alpha value is 0.636. The second-order valence-corrected chi connectivity index (χ2v) is 2.34. The fourth-order valence-electron chi connectivity index (χ4n) is 0.189. The minimum atomic E-state index is -4.19. The molecule has 0 saturated carbocycles. The molecule has 0 amide bonds. The first-order chi connectivity index (χ1) is 3.56. The third-order valence-electron chi connectivity index (χ3n) is 0.436. The smallest absolute Gasteiger partial charge is 0.264 e. The normalized spacial score (nSPS) is 10.4. The Kier molecular flexibility index (Phi) is 7.43. The molecule has 54 valence electrons. The molecule has 0 bridgehead atoms. The van der Waals surface area contributed by atoms with Crippen molar-refractivity contribution in [1.29, 1.82) is 0 Å². The highest BCUT2D eigenvalue weighted by molar-refractivity contribution is 7.80. The molecular weight excluding hydrogens is 156 g/mol. The van der Waals surface area contributed by atoms with Gasteiger partial charge < -0.3 is 0 Å². The van der Waals surface area contributed by atoms with E-state index in [9.17, 15) is 8.42 Å². The van der Waals surface area contributed by atoms with Crippen LogP contribution in [0.2, 0.25) is 0 Å². The van der Waals surface area contributed by atoms with E-state index in [1.165, 1.54) is 0 Å². The summed E-state index contributed by atoms with van der Waals surface area (Å²) in [5.74, 6) is 0. The van der Waals surface area contributed by atoms with Crippen molar-refractivity contribution in [3.63, 3.8) is 0 Å². The molecule has 0 aliphatic carbocycles. The Balaban J connectivity index is 0. The van der Waals surface area contributed by atoms with Gasteiger partial charge in [0.2, 0.25) is 0 Å². The summed E-state index contributed by atoms with van der Waals surface area (Å²) >= 11 is 0. The van der Waals surface area contributed by atoms with Crippen LogP contribution in [0.15, 0.2) is 0 Å². The standard InChI is InChI=1S/C3H8O4S.Mg.2H/c1-2-3-7-8(4,5)6;;;/h2-3H2,1H3,(H,4,5,6);;;. The molecule has 0 aromatic rings. The lowest BCUT2D eigenvalue weighted by atomic mass is 10.5. The molecule has 0 aromatic heterocycles. The molecule has 0 saturated heterocycles. The minimum absolute atomic E-state index is 0. The van der Waals surface area contributed by atoms with Crippen molar-refractivity contribution in [2.45, 2.75) is 13.3 Å². The van der Waals surface area contributed by atoms with Crippen LogP contribution in [0.4, 0.5) is 0 Å². The molecule has 1 N–H and O–H groups in total. The van der Waals surface area contributed by atoms with Gasteiger partial charge in [-0.25, -0.2) is 4.18 Å². The van der Waals surface area contributed by atoms with E-state index in [-0.39, 0.29) is 29.7 Å². The van der Waals surface area contributed by atoms with Gasteiger partial charge in [-0.3, -0.25) is 4.55 Å². The van der Waals surface area contributed by atoms with Crippen molar-refractivity contribution in [1.82, 2.24) is 0 Å². The van der Waals surface area contributed by atoms with E-state index in [1.807, 2.05) is 0 Å². The number of rotatable bonds is 3. The summed E-state index contributed by atoms with van der Waals surface area (Å²) in [7, 11) is -4.19. The molecule has 0 atom stereocenters. The predicted molar refractivity (Wildman–Crippen MR) is 36.3 cm³/mol. The molecule has 0 spiro atoms. The summed E-state index contributed by atoms with van der Waals surface area (Å²) in [4.78, 5) is 0. The van der Waals surface area contributed by atoms with E-state index >= 15 is 0 Å². The Morgan fingerprint density at radius 2 is 2.00 bits per heavy atom. The van der Waals surface area contributed by atoms with E-state index in [1.54, 1.807) is 6.92 Å². The maximum atomic E-state index is 9.72. The van der Waals surface area contributed by atoms with Crippen molar-refractivity contribution in [2.24, 2.45) is 0 Å². The van der Waals surface area contributed by atoms with Gasteiger partial charge in [-0.1, -0.05) is 6.92 Å². The molecular formula is C3H10MgO4S. The van der Waals surface area contributed by atoms with Crippen LogP contribution in [-0.2, 0) is 14.6 Å². The van der Waals surface area contributed by atoms with Gasteiger partial charge in [0.05, 0.1) is 6.61 Å². The van der Waals surface area contributed by atoms with Gasteiger partial charge in [0.15, 0.2) is 0 Å². The third-order valence-corrected chi connectivity index (χ3v) is 0.901. The van der Waals surface area contributed by atoms with E-state index in [0.717, 1.165) is 0 Å². The van der Waals surface area contributed by atoms with E-state index in [4.69, 9.17) is 4.55 Å². The van der Waals surface area contributed by atoms with Crippen LogP contribution in [0.5, 0.6) is 0 Å². The van der Waals surface area contributed by atoms with Gasteiger partial charge in [0.25, 0.3) is 0 Å². The molecule has 0 aliphatic rings. The summed E-state index contributed by atoms with van der Waals surface area (Å²) < 4.78 is 31.3. The fourth-order valence-corrected chi connectivity index (χ4v) is 0.566. The quantitative estimate of drug-likeness (QED) is 0.445. The van der Waals surface area contributed by atoms with E-state index < -0.39 is 10.4 Å². The highest BCUT2D eigenvalue weighted by Crippen LogP contribution is 1.86. The summed E-state index contributed by atoms with van der Waals surface area (Å²) in [5, 5.41) is 0. The molecule has 0 aromatic carbocycles. The molecule has 9 heavy (non-hydrogen) atoms.